The average Bonchev–Trinajstić information content (AvgIpc) is 3.33. The second-order valence-electron chi connectivity index (χ2n) is 6.44. The molecule has 0 aliphatic carbocycles. The monoisotopic (exact) mass is 406 g/mol. The van der Waals surface area contributed by atoms with E-state index in [2.05, 4.69) is 31.3 Å². The molecule has 28 heavy (non-hydrogen) atoms. The lowest BCUT2D eigenvalue weighted by Crippen LogP contribution is -2.32. The average molecular weight is 407 g/mol. The Morgan fingerprint density at radius 2 is 2.21 bits per heavy atom. The first-order chi connectivity index (χ1) is 13.1. The number of benzene rings is 1. The van der Waals surface area contributed by atoms with Gasteiger partial charge in [-0.1, -0.05) is 0 Å². The van der Waals surface area contributed by atoms with Gasteiger partial charge in [0.05, 0.1) is 6.04 Å². The Morgan fingerprint density at radius 3 is 2.93 bits per heavy atom. The summed E-state index contributed by atoms with van der Waals surface area (Å²) in [5.74, 6) is -0.404. The number of hydrogen-bond acceptors (Lipinski definition) is 6. The fourth-order valence-electron chi connectivity index (χ4n) is 3.12. The molecule has 0 radical (unpaired) electrons. The maximum Gasteiger partial charge on any atom is 0.276 e. The van der Waals surface area contributed by atoms with Crippen LogP contribution in [0.2, 0.25) is 0 Å². The summed E-state index contributed by atoms with van der Waals surface area (Å²) in [5, 5.41) is 21.5. The third-order valence-electron chi connectivity index (χ3n) is 4.54. The van der Waals surface area contributed by atoms with E-state index >= 15 is 0 Å². The Kier molecular flexibility index (Phi) is 6.00. The van der Waals surface area contributed by atoms with Crippen LogP contribution < -0.4 is 10.6 Å². The molecule has 148 valence electrons. The maximum atomic E-state index is 14.1. The Balaban J connectivity index is 0.00000225. The standard InChI is InChI=1S/C17H19FN8O.ClH/c1-11-21-23-24-26(11)16-9-12(4-5-14(16)18)20-17(27)15-6-8-25(22-15)13-3-2-7-19-10-13;/h4-6,8-9,13,19H,2-3,7,10H2,1H3,(H,20,27);1H. The van der Waals surface area contributed by atoms with Gasteiger partial charge < -0.3 is 10.6 Å². The number of aryl methyl sites for hydroxylation is 1. The summed E-state index contributed by atoms with van der Waals surface area (Å²) in [6.45, 7) is 3.52. The minimum absolute atomic E-state index is 0. The number of anilines is 1. The Bertz CT molecular complexity index is 966. The van der Waals surface area contributed by atoms with Crippen molar-refractivity contribution in [3.05, 3.63) is 47.8 Å². The third kappa shape index (κ3) is 4.02. The van der Waals surface area contributed by atoms with Gasteiger partial charge in [-0.2, -0.15) is 9.78 Å². The largest absolute Gasteiger partial charge is 0.321 e. The molecule has 2 aromatic heterocycles. The van der Waals surface area contributed by atoms with Gasteiger partial charge in [0.15, 0.2) is 11.5 Å². The maximum absolute atomic E-state index is 14.1. The summed E-state index contributed by atoms with van der Waals surface area (Å²) >= 11 is 0. The van der Waals surface area contributed by atoms with Crippen LogP contribution >= 0.6 is 12.4 Å². The van der Waals surface area contributed by atoms with Crippen molar-refractivity contribution in [1.82, 2.24) is 35.3 Å². The van der Waals surface area contributed by atoms with Crippen LogP contribution in [-0.2, 0) is 0 Å². The highest BCUT2D eigenvalue weighted by Crippen LogP contribution is 2.20. The van der Waals surface area contributed by atoms with Crippen molar-refractivity contribution in [1.29, 1.82) is 0 Å². The number of aromatic nitrogens is 6. The van der Waals surface area contributed by atoms with Crippen molar-refractivity contribution in [2.24, 2.45) is 0 Å². The van der Waals surface area contributed by atoms with Crippen LogP contribution in [0.4, 0.5) is 10.1 Å². The van der Waals surface area contributed by atoms with E-state index in [0.29, 0.717) is 17.2 Å². The number of hydrogen-bond donors (Lipinski definition) is 2. The molecule has 1 saturated heterocycles. The first kappa shape index (κ1) is 19.9. The molecule has 11 heteroatoms. The summed E-state index contributed by atoms with van der Waals surface area (Å²) in [7, 11) is 0. The minimum Gasteiger partial charge on any atom is -0.321 e. The molecular formula is C17H20ClFN8O. The first-order valence-electron chi connectivity index (χ1n) is 8.74. The number of carbonyl (C=O) groups excluding carboxylic acids is 1. The normalized spacial score (nSPS) is 16.4. The first-order valence-corrected chi connectivity index (χ1v) is 8.74. The minimum atomic E-state index is -0.488. The summed E-state index contributed by atoms with van der Waals surface area (Å²) in [5.41, 5.74) is 0.902. The molecule has 0 saturated carbocycles. The van der Waals surface area contributed by atoms with Crippen LogP contribution in [0.25, 0.3) is 5.69 Å². The Hall–Kier alpha value is -2.85. The van der Waals surface area contributed by atoms with Crippen LogP contribution in [0.5, 0.6) is 0 Å². The Morgan fingerprint density at radius 1 is 1.36 bits per heavy atom. The lowest BCUT2D eigenvalue weighted by Gasteiger charge is -2.22. The van der Waals surface area contributed by atoms with E-state index in [9.17, 15) is 9.18 Å². The van der Waals surface area contributed by atoms with Crippen molar-refractivity contribution in [2.75, 3.05) is 18.4 Å². The third-order valence-corrected chi connectivity index (χ3v) is 4.54. The molecule has 1 aliphatic rings. The number of piperidine rings is 1. The van der Waals surface area contributed by atoms with Gasteiger partial charge in [0.2, 0.25) is 0 Å². The molecule has 1 aromatic carbocycles. The van der Waals surface area contributed by atoms with Crippen LogP contribution in [0.1, 0.15) is 35.2 Å². The number of rotatable bonds is 4. The van der Waals surface area contributed by atoms with Crippen LogP contribution in [0.3, 0.4) is 0 Å². The Labute approximate surface area is 166 Å². The van der Waals surface area contributed by atoms with Gasteiger partial charge in [-0.05, 0) is 61.0 Å². The summed E-state index contributed by atoms with van der Waals surface area (Å²) in [6, 6.07) is 6.16. The van der Waals surface area contributed by atoms with E-state index in [4.69, 9.17) is 0 Å². The fraction of sp³-hybridized carbons (Fsp3) is 0.353. The molecule has 0 spiro atoms. The second-order valence-corrected chi connectivity index (χ2v) is 6.44. The summed E-state index contributed by atoms with van der Waals surface area (Å²) < 4.78 is 17.2. The zero-order valence-electron chi connectivity index (χ0n) is 15.2. The van der Waals surface area contributed by atoms with Crippen molar-refractivity contribution >= 4 is 24.0 Å². The molecule has 4 rings (SSSR count). The highest BCUT2D eigenvalue weighted by Gasteiger charge is 2.18. The summed E-state index contributed by atoms with van der Waals surface area (Å²) in [6.07, 6.45) is 3.93. The molecule has 1 atom stereocenters. The zero-order chi connectivity index (χ0) is 18.8. The molecule has 1 aliphatic heterocycles. The van der Waals surface area contributed by atoms with Gasteiger partial charge in [-0.25, -0.2) is 4.39 Å². The molecule has 0 bridgehead atoms. The highest BCUT2D eigenvalue weighted by molar-refractivity contribution is 6.02. The lowest BCUT2D eigenvalue weighted by atomic mass is 10.1. The van der Waals surface area contributed by atoms with Crippen molar-refractivity contribution < 1.29 is 9.18 Å². The van der Waals surface area contributed by atoms with Crippen molar-refractivity contribution in [3.63, 3.8) is 0 Å². The molecule has 3 aromatic rings. The molecule has 1 fully saturated rings. The van der Waals surface area contributed by atoms with Gasteiger partial charge in [-0.3, -0.25) is 9.48 Å². The molecule has 1 unspecified atom stereocenters. The van der Waals surface area contributed by atoms with Crippen LogP contribution in [0.15, 0.2) is 30.5 Å². The molecule has 1 amide bonds. The number of nitrogens with zero attached hydrogens (tertiary/aromatic N) is 6. The number of nitrogens with one attached hydrogen (secondary N) is 2. The summed E-state index contributed by atoms with van der Waals surface area (Å²) in [4.78, 5) is 12.5. The van der Waals surface area contributed by atoms with E-state index in [1.54, 1.807) is 13.0 Å². The molecule has 3 heterocycles. The quantitative estimate of drug-likeness (QED) is 0.686. The smallest absolute Gasteiger partial charge is 0.276 e. The molecule has 2 N–H and O–H groups in total. The van der Waals surface area contributed by atoms with Crippen molar-refractivity contribution in [3.8, 4) is 5.69 Å². The van der Waals surface area contributed by atoms with E-state index in [1.165, 1.54) is 22.9 Å². The number of amides is 1. The van der Waals surface area contributed by atoms with Gasteiger partial charge in [0.25, 0.3) is 5.91 Å². The van der Waals surface area contributed by atoms with E-state index in [1.807, 2.05) is 10.9 Å². The van der Waals surface area contributed by atoms with E-state index in [-0.39, 0.29) is 30.0 Å². The van der Waals surface area contributed by atoms with Gasteiger partial charge >= 0.3 is 0 Å². The molecular weight excluding hydrogens is 387 g/mol. The second kappa shape index (κ2) is 8.44. The predicted molar refractivity (Wildman–Crippen MR) is 102 cm³/mol. The topological polar surface area (TPSA) is 103 Å². The SMILES string of the molecule is Cc1nnnn1-c1cc(NC(=O)c2ccn(C3CCCNC3)n2)ccc1F.Cl. The van der Waals surface area contributed by atoms with Crippen molar-refractivity contribution in [2.45, 2.75) is 25.8 Å². The van der Waals surface area contributed by atoms with E-state index < -0.39 is 5.82 Å². The predicted octanol–water partition coefficient (Wildman–Crippen LogP) is 1.90. The number of carbonyl (C=O) groups is 1. The van der Waals surface area contributed by atoms with E-state index in [0.717, 1.165) is 25.9 Å². The number of halogens is 2. The zero-order valence-corrected chi connectivity index (χ0v) is 16.0. The highest BCUT2D eigenvalue weighted by atomic mass is 35.5. The van der Waals surface area contributed by atoms with Crippen LogP contribution in [0, 0.1) is 12.7 Å². The lowest BCUT2D eigenvalue weighted by molar-refractivity contribution is 0.102. The molecule has 9 nitrogen and oxygen atoms in total. The van der Waals surface area contributed by atoms with Gasteiger partial charge in [0.1, 0.15) is 11.5 Å². The van der Waals surface area contributed by atoms with Gasteiger partial charge in [-0.15, -0.1) is 17.5 Å². The fourth-order valence-corrected chi connectivity index (χ4v) is 3.12. The van der Waals surface area contributed by atoms with Gasteiger partial charge in [0, 0.05) is 18.4 Å². The van der Waals surface area contributed by atoms with Crippen LogP contribution in [-0.4, -0.2) is 49.0 Å². The number of tetrazole rings is 1.